The molecule has 1 aliphatic carbocycles. The maximum Gasteiger partial charge on any atom is 0.228 e. The molecule has 138 valence electrons. The van der Waals surface area contributed by atoms with Crippen LogP contribution in [0.3, 0.4) is 0 Å². The van der Waals surface area contributed by atoms with Gasteiger partial charge >= 0.3 is 0 Å². The van der Waals surface area contributed by atoms with Crippen LogP contribution in [-0.2, 0) is 19.1 Å². The Labute approximate surface area is 151 Å². The summed E-state index contributed by atoms with van der Waals surface area (Å²) in [4.78, 5) is 25.5. The lowest BCUT2D eigenvalue weighted by molar-refractivity contribution is -0.121. The van der Waals surface area contributed by atoms with Gasteiger partial charge in [0.2, 0.25) is 23.1 Å². The van der Waals surface area contributed by atoms with E-state index in [9.17, 15) is 9.59 Å². The molecule has 0 amide bonds. The first kappa shape index (κ1) is 20.9. The molecule has 4 nitrogen and oxygen atoms in total. The summed E-state index contributed by atoms with van der Waals surface area (Å²) in [5, 5.41) is 0. The summed E-state index contributed by atoms with van der Waals surface area (Å²) in [6, 6.07) is 0. The average molecular weight is 346 g/mol. The Balaban J connectivity index is 3.24. The molecule has 0 bridgehead atoms. The molecule has 0 aromatic heterocycles. The number of allylic oxidation sites excluding steroid dienone is 6. The number of hydrogen-bond donors (Lipinski definition) is 0. The number of Topliss-reactive ketones (excluding diaryl/α,β-unsaturated/α-hetero) is 2. The number of hydrogen-bond acceptors (Lipinski definition) is 4. The fraction of sp³-hybridized carbons (Fsp3) is 0.524. The molecule has 0 unspecified atom stereocenters. The first-order chi connectivity index (χ1) is 11.6. The predicted molar refractivity (Wildman–Crippen MR) is 100.0 cm³/mol. The van der Waals surface area contributed by atoms with Gasteiger partial charge < -0.3 is 9.47 Å². The van der Waals surface area contributed by atoms with Gasteiger partial charge in [-0.2, -0.15) is 0 Å². The van der Waals surface area contributed by atoms with Gasteiger partial charge in [-0.05, 0) is 40.5 Å². The van der Waals surface area contributed by atoms with Gasteiger partial charge in [-0.25, -0.2) is 0 Å². The van der Waals surface area contributed by atoms with Gasteiger partial charge in [-0.3, -0.25) is 9.59 Å². The van der Waals surface area contributed by atoms with Crippen molar-refractivity contribution in [1.82, 2.24) is 0 Å². The van der Waals surface area contributed by atoms with Crippen molar-refractivity contribution in [2.45, 2.75) is 54.4 Å². The molecule has 4 heteroatoms. The summed E-state index contributed by atoms with van der Waals surface area (Å²) >= 11 is 0. The number of methoxy groups -OCH3 is 2. The minimum absolute atomic E-state index is 0.0169. The SMILES string of the molecule is COC1=C(OC)C(=O)C(C(C)(C)/C=C(/C)CCC=C(C)C)=C(C)C1=O. The van der Waals surface area contributed by atoms with Crippen LogP contribution in [0.25, 0.3) is 0 Å². The molecular weight excluding hydrogens is 316 g/mol. The van der Waals surface area contributed by atoms with Gasteiger partial charge in [0.25, 0.3) is 0 Å². The average Bonchev–Trinajstić information content (AvgIpc) is 2.49. The van der Waals surface area contributed by atoms with E-state index in [4.69, 9.17) is 9.47 Å². The molecule has 25 heavy (non-hydrogen) atoms. The number of carbonyl (C=O) groups excluding carboxylic acids is 2. The molecule has 0 atom stereocenters. The summed E-state index contributed by atoms with van der Waals surface area (Å²) in [6.45, 7) is 11.8. The van der Waals surface area contributed by atoms with Crippen molar-refractivity contribution in [3.8, 4) is 0 Å². The van der Waals surface area contributed by atoms with Crippen LogP contribution in [-0.4, -0.2) is 25.8 Å². The summed E-state index contributed by atoms with van der Waals surface area (Å²) in [6.07, 6.45) is 6.14. The molecule has 1 aliphatic rings. The van der Waals surface area contributed by atoms with E-state index in [2.05, 4.69) is 32.9 Å². The van der Waals surface area contributed by atoms with E-state index in [-0.39, 0.29) is 23.1 Å². The molecule has 0 aromatic rings. The van der Waals surface area contributed by atoms with Crippen molar-refractivity contribution in [2.75, 3.05) is 14.2 Å². The van der Waals surface area contributed by atoms with E-state index in [0.717, 1.165) is 12.8 Å². The second-order valence-electron chi connectivity index (χ2n) is 7.26. The third-order valence-electron chi connectivity index (χ3n) is 4.31. The minimum atomic E-state index is -0.574. The Morgan fingerprint density at radius 3 is 2.00 bits per heavy atom. The molecule has 1 rings (SSSR count). The molecule has 0 saturated heterocycles. The van der Waals surface area contributed by atoms with Crippen LogP contribution in [0.15, 0.2) is 46.0 Å². The second kappa shape index (κ2) is 8.32. The monoisotopic (exact) mass is 346 g/mol. The van der Waals surface area contributed by atoms with Crippen molar-refractivity contribution in [3.63, 3.8) is 0 Å². The van der Waals surface area contributed by atoms with Gasteiger partial charge in [0.1, 0.15) is 0 Å². The highest BCUT2D eigenvalue weighted by molar-refractivity contribution is 6.24. The summed E-state index contributed by atoms with van der Waals surface area (Å²) in [7, 11) is 2.75. The molecule has 0 N–H and O–H groups in total. The van der Waals surface area contributed by atoms with Gasteiger partial charge in [-0.15, -0.1) is 0 Å². The molecule has 0 heterocycles. The third kappa shape index (κ3) is 4.71. The van der Waals surface area contributed by atoms with Crippen LogP contribution < -0.4 is 0 Å². The van der Waals surface area contributed by atoms with E-state index >= 15 is 0 Å². The Hall–Kier alpha value is -2.10. The smallest absolute Gasteiger partial charge is 0.228 e. The van der Waals surface area contributed by atoms with E-state index in [1.165, 1.54) is 25.4 Å². The number of ether oxygens (including phenoxy) is 2. The van der Waals surface area contributed by atoms with E-state index in [1.54, 1.807) is 6.92 Å². The van der Waals surface area contributed by atoms with Gasteiger partial charge in [0.15, 0.2) is 0 Å². The molecule has 0 aromatic carbocycles. The number of carbonyl (C=O) groups is 2. The molecule has 0 fully saturated rings. The number of ketones is 2. The second-order valence-corrected chi connectivity index (χ2v) is 7.26. The number of rotatable bonds is 7. The highest BCUT2D eigenvalue weighted by Crippen LogP contribution is 2.38. The molecular formula is C21H30O4. The van der Waals surface area contributed by atoms with Crippen molar-refractivity contribution in [2.24, 2.45) is 5.41 Å². The van der Waals surface area contributed by atoms with Gasteiger partial charge in [-0.1, -0.05) is 37.1 Å². The Bertz CT molecular complexity index is 681. The lowest BCUT2D eigenvalue weighted by Gasteiger charge is -2.30. The zero-order chi connectivity index (χ0) is 19.4. The standard InChI is InChI=1S/C21H30O4/c1-13(2)10-9-11-14(3)12-21(5,6)16-15(4)17(22)19(24-7)20(25-8)18(16)23/h10,12H,9,11H2,1-8H3/b14-12-. The Kier molecular flexibility index (Phi) is 6.97. The zero-order valence-electron chi connectivity index (χ0n) is 16.7. The fourth-order valence-electron chi connectivity index (χ4n) is 3.27. The molecule has 0 saturated carbocycles. The lowest BCUT2D eigenvalue weighted by Crippen LogP contribution is -2.31. The predicted octanol–water partition coefficient (Wildman–Crippen LogP) is 4.68. The summed E-state index contributed by atoms with van der Waals surface area (Å²) in [5.41, 5.74) is 2.79. The highest BCUT2D eigenvalue weighted by Gasteiger charge is 2.40. The zero-order valence-corrected chi connectivity index (χ0v) is 16.7. The van der Waals surface area contributed by atoms with Crippen molar-refractivity contribution < 1.29 is 19.1 Å². The van der Waals surface area contributed by atoms with Crippen LogP contribution in [0, 0.1) is 5.41 Å². The third-order valence-corrected chi connectivity index (χ3v) is 4.31. The van der Waals surface area contributed by atoms with Crippen molar-refractivity contribution in [1.29, 1.82) is 0 Å². The van der Waals surface area contributed by atoms with Crippen LogP contribution in [0.1, 0.15) is 54.4 Å². The van der Waals surface area contributed by atoms with Crippen LogP contribution >= 0.6 is 0 Å². The maximum absolute atomic E-state index is 12.9. The first-order valence-electron chi connectivity index (χ1n) is 8.51. The van der Waals surface area contributed by atoms with Crippen molar-refractivity contribution >= 4 is 11.6 Å². The topological polar surface area (TPSA) is 52.6 Å². The first-order valence-corrected chi connectivity index (χ1v) is 8.51. The normalized spacial score (nSPS) is 16.4. The lowest BCUT2D eigenvalue weighted by atomic mass is 9.74. The quantitative estimate of drug-likeness (QED) is 0.496. The van der Waals surface area contributed by atoms with Crippen LogP contribution in [0.5, 0.6) is 0 Å². The fourth-order valence-corrected chi connectivity index (χ4v) is 3.27. The van der Waals surface area contributed by atoms with E-state index < -0.39 is 5.41 Å². The van der Waals surface area contributed by atoms with E-state index in [0.29, 0.717) is 11.1 Å². The molecule has 0 aliphatic heterocycles. The maximum atomic E-state index is 12.9. The molecule has 0 radical (unpaired) electrons. The Morgan fingerprint density at radius 2 is 1.52 bits per heavy atom. The Morgan fingerprint density at radius 1 is 1.00 bits per heavy atom. The van der Waals surface area contributed by atoms with Crippen molar-refractivity contribution in [3.05, 3.63) is 46.0 Å². The molecule has 0 spiro atoms. The highest BCUT2D eigenvalue weighted by atomic mass is 16.5. The summed E-state index contributed by atoms with van der Waals surface area (Å²) in [5.74, 6) is -0.613. The van der Waals surface area contributed by atoms with Crippen LogP contribution in [0.2, 0.25) is 0 Å². The largest absolute Gasteiger partial charge is 0.489 e. The van der Waals surface area contributed by atoms with Gasteiger partial charge in [0, 0.05) is 16.6 Å². The van der Waals surface area contributed by atoms with Crippen LogP contribution in [0.4, 0.5) is 0 Å². The minimum Gasteiger partial charge on any atom is -0.489 e. The van der Waals surface area contributed by atoms with Gasteiger partial charge in [0.05, 0.1) is 14.2 Å². The summed E-state index contributed by atoms with van der Waals surface area (Å²) < 4.78 is 10.3. The van der Waals surface area contributed by atoms with E-state index in [1.807, 2.05) is 13.8 Å².